The van der Waals surface area contributed by atoms with Crippen LogP contribution in [0.15, 0.2) is 52.0 Å². The number of halogens is 1. The maximum Gasteiger partial charge on any atom is 0.0911 e. The third kappa shape index (κ3) is 2.70. The van der Waals surface area contributed by atoms with Gasteiger partial charge in [-0.25, -0.2) is 0 Å². The van der Waals surface area contributed by atoms with Crippen LogP contribution >= 0.6 is 11.8 Å². The molecular formula is C19H22ClN5. The number of likely N-dealkylation sites (N-methyl/N-ethyl adjacent to an activating group) is 1. The Balaban J connectivity index is 1.80. The summed E-state index contributed by atoms with van der Waals surface area (Å²) in [4.78, 5) is 9.44. The van der Waals surface area contributed by atoms with Gasteiger partial charge in [-0.1, -0.05) is 11.6 Å². The van der Waals surface area contributed by atoms with E-state index in [0.29, 0.717) is 6.54 Å². The molecule has 0 bridgehead atoms. The molecule has 0 saturated carbocycles. The van der Waals surface area contributed by atoms with E-state index in [1.54, 1.807) is 10.5 Å². The smallest absolute Gasteiger partial charge is 0.0911 e. The third-order valence-corrected chi connectivity index (χ3v) is 5.95. The first-order valence-corrected chi connectivity index (χ1v) is 9.07. The standard InChI is InChI=1S/C19H22ClN5/c1-23-8-10-24(11-9-23)17-5-7-25(20)18-3-2-15(4-6-21)12-19(18)14-22-13-16(17)19/h3-5,7,13H,2,8-12,14H2,1H3/b15-4-. The third-order valence-electron chi connectivity index (χ3n) is 5.66. The maximum absolute atomic E-state index is 9.09. The predicted molar refractivity (Wildman–Crippen MR) is 99.7 cm³/mol. The van der Waals surface area contributed by atoms with Gasteiger partial charge in [-0.05, 0) is 26.0 Å². The van der Waals surface area contributed by atoms with Crippen molar-refractivity contribution in [1.82, 2.24) is 14.2 Å². The summed E-state index contributed by atoms with van der Waals surface area (Å²) < 4.78 is 1.72. The van der Waals surface area contributed by atoms with Gasteiger partial charge in [-0.15, -0.1) is 0 Å². The minimum absolute atomic E-state index is 0.245. The quantitative estimate of drug-likeness (QED) is 0.536. The van der Waals surface area contributed by atoms with Crippen molar-refractivity contribution in [2.75, 3.05) is 39.8 Å². The zero-order valence-electron chi connectivity index (χ0n) is 14.5. The Morgan fingerprint density at radius 3 is 2.88 bits per heavy atom. The van der Waals surface area contributed by atoms with Gasteiger partial charge >= 0.3 is 0 Å². The molecule has 0 N–H and O–H groups in total. The second-order valence-corrected chi connectivity index (χ2v) is 7.53. The van der Waals surface area contributed by atoms with Crippen LogP contribution in [0, 0.1) is 16.7 Å². The molecule has 25 heavy (non-hydrogen) atoms. The van der Waals surface area contributed by atoms with E-state index in [0.717, 1.165) is 50.3 Å². The van der Waals surface area contributed by atoms with Crippen LogP contribution in [0.4, 0.5) is 0 Å². The summed E-state index contributed by atoms with van der Waals surface area (Å²) in [6, 6.07) is 2.19. The monoisotopic (exact) mass is 355 g/mol. The van der Waals surface area contributed by atoms with Crippen molar-refractivity contribution in [1.29, 1.82) is 5.26 Å². The average molecular weight is 356 g/mol. The largest absolute Gasteiger partial charge is 0.369 e. The number of allylic oxidation sites excluding steroid dienone is 4. The Hall–Kier alpha value is -2.03. The maximum atomic E-state index is 9.09. The van der Waals surface area contributed by atoms with Crippen molar-refractivity contribution in [3.05, 3.63) is 47.0 Å². The van der Waals surface area contributed by atoms with Gasteiger partial charge in [0, 0.05) is 73.4 Å². The van der Waals surface area contributed by atoms with E-state index in [4.69, 9.17) is 17.0 Å². The van der Waals surface area contributed by atoms with E-state index in [-0.39, 0.29) is 5.41 Å². The van der Waals surface area contributed by atoms with Crippen LogP contribution in [0.2, 0.25) is 0 Å². The normalized spacial score (nSPS) is 30.9. The molecule has 0 amide bonds. The first-order chi connectivity index (χ1) is 12.1. The summed E-state index contributed by atoms with van der Waals surface area (Å²) in [5.41, 5.74) is 4.47. The van der Waals surface area contributed by atoms with Crippen LogP contribution in [0.1, 0.15) is 12.8 Å². The number of aliphatic imine (C=N–C) groups is 1. The lowest BCUT2D eigenvalue weighted by Crippen LogP contribution is -2.44. The summed E-state index contributed by atoms with van der Waals surface area (Å²) in [7, 11) is 2.16. The van der Waals surface area contributed by atoms with Gasteiger partial charge in [0.25, 0.3) is 0 Å². The number of rotatable bonds is 1. The Morgan fingerprint density at radius 1 is 1.32 bits per heavy atom. The van der Waals surface area contributed by atoms with Gasteiger partial charge in [-0.3, -0.25) is 9.41 Å². The van der Waals surface area contributed by atoms with Crippen molar-refractivity contribution in [2.24, 2.45) is 10.4 Å². The first kappa shape index (κ1) is 16.4. The molecule has 0 radical (unpaired) electrons. The van der Waals surface area contributed by atoms with Gasteiger partial charge in [0.1, 0.15) is 0 Å². The molecule has 3 heterocycles. The molecule has 1 atom stereocenters. The van der Waals surface area contributed by atoms with Crippen molar-refractivity contribution < 1.29 is 0 Å². The minimum Gasteiger partial charge on any atom is -0.369 e. The fraction of sp³-hybridized carbons (Fsp3) is 0.474. The Labute approximate surface area is 154 Å². The van der Waals surface area contributed by atoms with Crippen LogP contribution < -0.4 is 0 Å². The molecule has 1 fully saturated rings. The molecule has 1 saturated heterocycles. The zero-order valence-corrected chi connectivity index (χ0v) is 15.2. The summed E-state index contributed by atoms with van der Waals surface area (Å²) in [5.74, 6) is 0. The van der Waals surface area contributed by atoms with Crippen LogP contribution in [0.3, 0.4) is 0 Å². The number of nitrogens with zero attached hydrogens (tertiary/aromatic N) is 5. The Bertz CT molecular complexity index is 761. The highest BCUT2D eigenvalue weighted by Gasteiger charge is 2.47. The van der Waals surface area contributed by atoms with Gasteiger partial charge in [0.2, 0.25) is 0 Å². The lowest BCUT2D eigenvalue weighted by atomic mass is 9.69. The molecule has 0 aromatic carbocycles. The van der Waals surface area contributed by atoms with Crippen LogP contribution in [0.5, 0.6) is 0 Å². The van der Waals surface area contributed by atoms with Crippen LogP contribution in [-0.2, 0) is 0 Å². The van der Waals surface area contributed by atoms with Crippen molar-refractivity contribution >= 4 is 18.0 Å². The number of hydrogen-bond acceptors (Lipinski definition) is 5. The second-order valence-electron chi connectivity index (χ2n) is 7.17. The molecule has 6 heteroatoms. The van der Waals surface area contributed by atoms with Gasteiger partial charge < -0.3 is 9.80 Å². The second kappa shape index (κ2) is 6.36. The molecule has 4 rings (SSSR count). The molecule has 1 spiro atoms. The molecular weight excluding hydrogens is 334 g/mol. The lowest BCUT2D eigenvalue weighted by Gasteiger charge is -2.40. The fourth-order valence-electron chi connectivity index (χ4n) is 4.28. The predicted octanol–water partition coefficient (Wildman–Crippen LogP) is 2.67. The van der Waals surface area contributed by atoms with Gasteiger partial charge in [-0.2, -0.15) is 5.26 Å². The molecule has 4 aliphatic rings. The molecule has 5 nitrogen and oxygen atoms in total. The molecule has 1 aliphatic carbocycles. The van der Waals surface area contributed by atoms with Crippen molar-refractivity contribution in [3.8, 4) is 6.07 Å². The lowest BCUT2D eigenvalue weighted by molar-refractivity contribution is 0.188. The van der Waals surface area contributed by atoms with Crippen molar-refractivity contribution in [3.63, 3.8) is 0 Å². The van der Waals surface area contributed by atoms with Crippen LogP contribution in [0.25, 0.3) is 0 Å². The van der Waals surface area contributed by atoms with Gasteiger partial charge in [0.15, 0.2) is 0 Å². The van der Waals surface area contributed by atoms with E-state index in [1.807, 2.05) is 12.4 Å². The first-order valence-electron chi connectivity index (χ1n) is 8.73. The zero-order chi connectivity index (χ0) is 17.4. The van der Waals surface area contributed by atoms with E-state index in [9.17, 15) is 0 Å². The molecule has 3 aliphatic heterocycles. The van der Waals surface area contributed by atoms with Crippen molar-refractivity contribution in [2.45, 2.75) is 12.8 Å². The fourth-order valence-corrected chi connectivity index (χ4v) is 4.57. The number of nitriles is 1. The molecule has 130 valence electrons. The highest BCUT2D eigenvalue weighted by Crippen LogP contribution is 2.52. The average Bonchev–Trinajstić information content (AvgIpc) is 2.95. The highest BCUT2D eigenvalue weighted by atomic mass is 35.5. The van der Waals surface area contributed by atoms with E-state index in [1.165, 1.54) is 11.3 Å². The summed E-state index contributed by atoms with van der Waals surface area (Å²) in [5, 5.41) is 9.09. The molecule has 0 aromatic rings. The number of hydrogen-bond donors (Lipinski definition) is 0. The Morgan fingerprint density at radius 2 is 2.12 bits per heavy atom. The molecule has 0 aromatic heterocycles. The van der Waals surface area contributed by atoms with Crippen LogP contribution in [-0.4, -0.2) is 60.2 Å². The minimum atomic E-state index is -0.245. The SMILES string of the molecule is CN1CCN(C2=C3C=NCC34C/C(=C\C#N)CC=C4N(Cl)C=C2)CC1. The van der Waals surface area contributed by atoms with Gasteiger partial charge in [0.05, 0.1) is 18.0 Å². The van der Waals surface area contributed by atoms with E-state index < -0.39 is 0 Å². The van der Waals surface area contributed by atoms with E-state index in [2.05, 4.69) is 40.1 Å². The summed E-state index contributed by atoms with van der Waals surface area (Å²) in [6.07, 6.45) is 11.5. The van der Waals surface area contributed by atoms with E-state index >= 15 is 0 Å². The summed E-state index contributed by atoms with van der Waals surface area (Å²) >= 11 is 6.59. The number of piperazine rings is 1. The molecule has 1 unspecified atom stereocenters. The Kier molecular flexibility index (Phi) is 4.18. The topological polar surface area (TPSA) is 45.9 Å². The highest BCUT2D eigenvalue weighted by molar-refractivity contribution is 6.15. The summed E-state index contributed by atoms with van der Waals surface area (Å²) in [6.45, 7) is 4.82.